The van der Waals surface area contributed by atoms with Crippen molar-refractivity contribution in [2.75, 3.05) is 12.4 Å². The van der Waals surface area contributed by atoms with Gasteiger partial charge in [0.25, 0.3) is 6.47 Å². The lowest BCUT2D eigenvalue weighted by Gasteiger charge is -2.28. The predicted molar refractivity (Wildman–Crippen MR) is 129 cm³/mol. The zero-order chi connectivity index (χ0) is 26.1. The maximum Gasteiger partial charge on any atom is 0.335 e. The molecule has 0 heterocycles. The van der Waals surface area contributed by atoms with Crippen LogP contribution in [0.15, 0.2) is 42.0 Å². The number of hydrogen-bond donors (Lipinski definition) is 5. The molecule has 0 radical (unpaired) electrons. The highest BCUT2D eigenvalue weighted by atomic mass is 19.1. The van der Waals surface area contributed by atoms with Gasteiger partial charge in [-0.05, 0) is 59.9 Å². The molecule has 1 saturated carbocycles. The molecule has 2 aromatic carbocycles. The maximum absolute atomic E-state index is 13.7. The number of nitrogens with two attached hydrogens (primary N) is 2. The monoisotopic (exact) mass is 485 g/mol. The molecule has 0 spiro atoms. The Balaban J connectivity index is 0.000000406. The van der Waals surface area contributed by atoms with Crippen molar-refractivity contribution in [3.8, 4) is 0 Å². The molecule has 1 fully saturated rings. The summed E-state index contributed by atoms with van der Waals surface area (Å²) in [7, 11) is 1.64. The number of carbonyl (C=O) groups is 4. The lowest BCUT2D eigenvalue weighted by molar-refractivity contribution is -0.123. The number of fused-ring (bicyclic) bond motifs is 1. The molecule has 0 amide bonds. The predicted octanol–water partition coefficient (Wildman–Crippen LogP) is 2.02. The Bertz CT molecular complexity index is 1120. The van der Waals surface area contributed by atoms with Crippen LogP contribution in [0.25, 0.3) is 6.08 Å². The van der Waals surface area contributed by atoms with Crippen molar-refractivity contribution in [1.82, 2.24) is 0 Å². The number of allylic oxidation sites excluding steroid dienone is 1. The second-order valence-electron chi connectivity index (χ2n) is 8.13. The van der Waals surface area contributed by atoms with Crippen LogP contribution in [-0.4, -0.2) is 53.4 Å². The van der Waals surface area contributed by atoms with Crippen molar-refractivity contribution in [2.24, 2.45) is 11.5 Å². The van der Waals surface area contributed by atoms with E-state index in [1.165, 1.54) is 30.3 Å². The van der Waals surface area contributed by atoms with Gasteiger partial charge < -0.3 is 27.0 Å². The van der Waals surface area contributed by atoms with Gasteiger partial charge in [0, 0.05) is 37.7 Å². The second-order valence-corrected chi connectivity index (χ2v) is 8.13. The number of hydrogen-bond acceptors (Lipinski definition) is 7. The van der Waals surface area contributed by atoms with E-state index in [2.05, 4.69) is 5.32 Å². The number of carbonyl (C=O) groups excluding carboxylic acids is 2. The van der Waals surface area contributed by atoms with Gasteiger partial charge in [-0.3, -0.25) is 14.4 Å². The van der Waals surface area contributed by atoms with E-state index in [1.54, 1.807) is 19.2 Å². The Morgan fingerprint density at radius 1 is 1.14 bits per heavy atom. The molecular formula is C25H28FN3O6. The topological polar surface area (TPSA) is 173 Å². The van der Waals surface area contributed by atoms with Crippen molar-refractivity contribution < 1.29 is 33.8 Å². The molecule has 7 N–H and O–H groups in total. The average Bonchev–Trinajstić information content (AvgIpc) is 2.79. The summed E-state index contributed by atoms with van der Waals surface area (Å²) in [5.41, 5.74) is 13.3. The van der Waals surface area contributed by atoms with E-state index >= 15 is 0 Å². The third-order valence-electron chi connectivity index (χ3n) is 5.53. The van der Waals surface area contributed by atoms with Gasteiger partial charge in [-0.25, -0.2) is 9.18 Å². The Kier molecular flexibility index (Phi) is 9.80. The molecule has 2 aliphatic carbocycles. The van der Waals surface area contributed by atoms with Crippen molar-refractivity contribution in [3.63, 3.8) is 0 Å². The lowest BCUT2D eigenvalue weighted by Crippen LogP contribution is -2.45. The van der Waals surface area contributed by atoms with Gasteiger partial charge >= 0.3 is 5.97 Å². The van der Waals surface area contributed by atoms with E-state index in [0.717, 1.165) is 12.8 Å². The number of benzene rings is 2. The summed E-state index contributed by atoms with van der Waals surface area (Å²) in [6.07, 6.45) is 3.49. The molecule has 0 aliphatic heterocycles. The normalized spacial score (nSPS) is 17.7. The standard InChI is InChI=1S/C20H16FNO4.C4H10N2.CH2O2/c1-22-17-9-14(21)7-13-8-16(19(24)10-15(13)17)18(23)6-11-2-4-12(5-3-11)20(25)26;5-3-1-4(6)2-3;2-1-3/h2-5,7-9,22H,6,10H2,1H3,(H,25,26);3-4H,1-2,5-6H2;1H,(H,2,3). The molecule has 35 heavy (non-hydrogen) atoms. The van der Waals surface area contributed by atoms with Crippen LogP contribution in [-0.2, 0) is 27.2 Å². The first kappa shape index (κ1) is 27.4. The van der Waals surface area contributed by atoms with E-state index in [0.29, 0.717) is 34.5 Å². The van der Waals surface area contributed by atoms with Crippen LogP contribution < -0.4 is 16.8 Å². The number of Topliss-reactive ketones (excluding diaryl/α,β-unsaturated/α-hetero) is 2. The minimum absolute atomic E-state index is 0.0268. The zero-order valence-electron chi connectivity index (χ0n) is 19.2. The zero-order valence-corrected chi connectivity index (χ0v) is 19.2. The van der Waals surface area contributed by atoms with Crippen molar-refractivity contribution in [1.29, 1.82) is 0 Å². The summed E-state index contributed by atoms with van der Waals surface area (Å²) < 4.78 is 13.7. The molecule has 2 aromatic rings. The Morgan fingerprint density at radius 2 is 1.71 bits per heavy atom. The van der Waals surface area contributed by atoms with E-state index in [-0.39, 0.29) is 42.0 Å². The lowest BCUT2D eigenvalue weighted by atomic mass is 9.86. The number of carboxylic acid groups (broad SMARTS) is 2. The second kappa shape index (κ2) is 12.5. The highest BCUT2D eigenvalue weighted by Crippen LogP contribution is 2.30. The Labute approximate surface area is 201 Å². The molecule has 4 rings (SSSR count). The molecule has 0 bridgehead atoms. The number of rotatable bonds is 5. The number of nitrogens with one attached hydrogen (secondary N) is 1. The van der Waals surface area contributed by atoms with Crippen LogP contribution in [0.3, 0.4) is 0 Å². The molecular weight excluding hydrogens is 457 g/mol. The van der Waals surface area contributed by atoms with E-state index in [1.807, 2.05) is 0 Å². The highest BCUT2D eigenvalue weighted by Gasteiger charge is 2.26. The third-order valence-corrected chi connectivity index (χ3v) is 5.53. The van der Waals surface area contributed by atoms with Gasteiger partial charge in [-0.2, -0.15) is 0 Å². The van der Waals surface area contributed by atoms with Crippen LogP contribution in [0, 0.1) is 5.82 Å². The van der Waals surface area contributed by atoms with Gasteiger partial charge in [0.2, 0.25) is 0 Å². The van der Waals surface area contributed by atoms with Crippen LogP contribution >= 0.6 is 0 Å². The smallest absolute Gasteiger partial charge is 0.335 e. The molecule has 10 heteroatoms. The van der Waals surface area contributed by atoms with Crippen LogP contribution in [0.1, 0.15) is 39.9 Å². The van der Waals surface area contributed by atoms with Gasteiger partial charge in [0.05, 0.1) is 11.1 Å². The van der Waals surface area contributed by atoms with Crippen molar-refractivity contribution >= 4 is 35.8 Å². The Hall–Kier alpha value is -3.89. The van der Waals surface area contributed by atoms with Crippen LogP contribution in [0.5, 0.6) is 0 Å². The molecule has 0 aromatic heterocycles. The summed E-state index contributed by atoms with van der Waals surface area (Å²) in [4.78, 5) is 44.2. The SMILES string of the molecule is CNc1cc(F)cc2c1CC(=O)C(C(=O)Cc1ccc(C(=O)O)cc1)=C2.NC1CC(N)C1.O=CO. The molecule has 0 saturated heterocycles. The van der Waals surface area contributed by atoms with Gasteiger partial charge in [-0.1, -0.05) is 12.1 Å². The summed E-state index contributed by atoms with van der Waals surface area (Å²) in [6, 6.07) is 9.36. The van der Waals surface area contributed by atoms with Gasteiger partial charge in [0.15, 0.2) is 11.6 Å². The first-order valence-corrected chi connectivity index (χ1v) is 10.8. The highest BCUT2D eigenvalue weighted by molar-refractivity contribution is 6.25. The summed E-state index contributed by atoms with van der Waals surface area (Å²) in [5.74, 6) is -2.19. The van der Waals surface area contributed by atoms with Crippen molar-refractivity contribution in [2.45, 2.75) is 37.8 Å². The number of halogens is 1. The number of carboxylic acids is 1. The molecule has 0 atom stereocenters. The maximum atomic E-state index is 13.7. The Morgan fingerprint density at radius 3 is 2.17 bits per heavy atom. The fourth-order valence-electron chi connectivity index (χ4n) is 3.69. The molecule has 2 aliphatic rings. The van der Waals surface area contributed by atoms with Gasteiger partial charge in [-0.15, -0.1) is 0 Å². The minimum atomic E-state index is -1.05. The average molecular weight is 486 g/mol. The summed E-state index contributed by atoms with van der Waals surface area (Å²) in [5, 5.41) is 18.6. The molecule has 186 valence electrons. The fourth-order valence-corrected chi connectivity index (χ4v) is 3.69. The quantitative estimate of drug-likeness (QED) is 0.314. The number of anilines is 1. The van der Waals surface area contributed by atoms with Crippen LogP contribution in [0.4, 0.5) is 10.1 Å². The minimum Gasteiger partial charge on any atom is -0.483 e. The largest absolute Gasteiger partial charge is 0.483 e. The summed E-state index contributed by atoms with van der Waals surface area (Å²) >= 11 is 0. The van der Waals surface area contributed by atoms with Gasteiger partial charge in [0.1, 0.15) is 5.82 Å². The van der Waals surface area contributed by atoms with E-state index in [9.17, 15) is 18.8 Å². The first-order chi connectivity index (χ1) is 16.6. The molecule has 0 unspecified atom stereocenters. The third kappa shape index (κ3) is 7.56. The molecule has 9 nitrogen and oxygen atoms in total. The number of aromatic carboxylic acids is 1. The van der Waals surface area contributed by atoms with E-state index in [4.69, 9.17) is 26.5 Å². The fraction of sp³-hybridized carbons (Fsp3) is 0.280. The first-order valence-electron chi connectivity index (χ1n) is 10.8. The van der Waals surface area contributed by atoms with E-state index < -0.39 is 11.8 Å². The van der Waals surface area contributed by atoms with Crippen LogP contribution in [0.2, 0.25) is 0 Å². The number of ketones is 2. The van der Waals surface area contributed by atoms with Crippen molar-refractivity contribution in [3.05, 3.63) is 70.0 Å². The summed E-state index contributed by atoms with van der Waals surface area (Å²) in [6.45, 7) is -0.250.